The van der Waals surface area contributed by atoms with Crippen LogP contribution in [0.15, 0.2) is 47.4 Å². The number of alkyl halides is 2. The Labute approximate surface area is 174 Å². The number of ether oxygens (including phenoxy) is 2. The Bertz CT molecular complexity index is 996. The minimum Gasteiger partial charge on any atom is -0.495 e. The van der Waals surface area contributed by atoms with Gasteiger partial charge in [-0.3, -0.25) is 4.79 Å². The molecule has 0 aromatic heterocycles. The van der Waals surface area contributed by atoms with Gasteiger partial charge in [-0.1, -0.05) is 25.1 Å². The molecule has 0 spiro atoms. The zero-order valence-corrected chi connectivity index (χ0v) is 17.9. The standard InChI is InChI=1S/C20H24F2N2O5S/c1-5-15(14-8-6-7-9-16(14)29-20(21)22)23-19(25)13-10-11-17(28-4)18(12-13)30(26,27)24(2)3/h6-12,15,20H,5H2,1-4H3,(H,23,25). The van der Waals surface area contributed by atoms with Gasteiger partial charge in [0.05, 0.1) is 13.2 Å². The number of sulfonamides is 1. The van der Waals surface area contributed by atoms with Crippen molar-refractivity contribution in [2.75, 3.05) is 21.2 Å². The van der Waals surface area contributed by atoms with Crippen LogP contribution in [0.4, 0.5) is 8.78 Å². The average molecular weight is 442 g/mol. The van der Waals surface area contributed by atoms with Crippen LogP contribution in [0.3, 0.4) is 0 Å². The summed E-state index contributed by atoms with van der Waals surface area (Å²) in [6.07, 6.45) is 0.397. The third-order valence-electron chi connectivity index (χ3n) is 4.41. The number of rotatable bonds is 9. The van der Waals surface area contributed by atoms with Crippen molar-refractivity contribution in [2.24, 2.45) is 0 Å². The summed E-state index contributed by atoms with van der Waals surface area (Å²) < 4.78 is 61.2. The Hall–Kier alpha value is -2.72. The molecular weight excluding hydrogens is 418 g/mol. The number of methoxy groups -OCH3 is 1. The molecule has 1 atom stereocenters. The number of carbonyl (C=O) groups excluding carboxylic acids is 1. The van der Waals surface area contributed by atoms with Gasteiger partial charge in [0, 0.05) is 25.2 Å². The Morgan fingerprint density at radius 3 is 2.37 bits per heavy atom. The lowest BCUT2D eigenvalue weighted by molar-refractivity contribution is -0.0506. The van der Waals surface area contributed by atoms with E-state index in [0.717, 1.165) is 4.31 Å². The number of benzene rings is 2. The van der Waals surface area contributed by atoms with E-state index in [4.69, 9.17) is 4.74 Å². The van der Waals surface area contributed by atoms with E-state index in [9.17, 15) is 22.0 Å². The van der Waals surface area contributed by atoms with Crippen LogP contribution in [0.1, 0.15) is 35.3 Å². The maximum atomic E-state index is 12.8. The quantitative estimate of drug-likeness (QED) is 0.643. The molecule has 7 nitrogen and oxygen atoms in total. The minimum atomic E-state index is -3.86. The normalized spacial score (nSPS) is 12.7. The summed E-state index contributed by atoms with van der Waals surface area (Å²) in [5, 5.41) is 2.75. The summed E-state index contributed by atoms with van der Waals surface area (Å²) in [5.41, 5.74) is 0.477. The molecule has 0 aliphatic carbocycles. The smallest absolute Gasteiger partial charge is 0.387 e. The van der Waals surface area contributed by atoms with Crippen molar-refractivity contribution >= 4 is 15.9 Å². The van der Waals surface area contributed by atoms with Gasteiger partial charge in [-0.25, -0.2) is 12.7 Å². The van der Waals surface area contributed by atoms with Crippen LogP contribution in [0, 0.1) is 0 Å². The molecule has 1 unspecified atom stereocenters. The van der Waals surface area contributed by atoms with E-state index >= 15 is 0 Å². The monoisotopic (exact) mass is 442 g/mol. The molecule has 0 radical (unpaired) electrons. The topological polar surface area (TPSA) is 84.9 Å². The van der Waals surface area contributed by atoms with Gasteiger partial charge in [-0.15, -0.1) is 0 Å². The molecule has 0 saturated carbocycles. The summed E-state index contributed by atoms with van der Waals surface area (Å²) in [5.74, 6) is -0.500. The predicted molar refractivity (Wildman–Crippen MR) is 107 cm³/mol. The van der Waals surface area contributed by atoms with Crippen LogP contribution in [-0.4, -0.2) is 46.4 Å². The predicted octanol–water partition coefficient (Wildman–Crippen LogP) is 3.43. The van der Waals surface area contributed by atoms with Crippen molar-refractivity contribution in [3.8, 4) is 11.5 Å². The van der Waals surface area contributed by atoms with E-state index in [1.807, 2.05) is 0 Å². The van der Waals surface area contributed by atoms with Gasteiger partial charge in [0.15, 0.2) is 0 Å². The maximum Gasteiger partial charge on any atom is 0.387 e. The van der Waals surface area contributed by atoms with Gasteiger partial charge in [-0.05, 0) is 30.7 Å². The third kappa shape index (κ3) is 5.25. The molecule has 2 aromatic carbocycles. The molecular formula is C20H24F2N2O5S. The Morgan fingerprint density at radius 2 is 1.80 bits per heavy atom. The average Bonchev–Trinajstić information content (AvgIpc) is 2.71. The first-order chi connectivity index (χ1) is 14.1. The number of nitrogens with one attached hydrogen (secondary N) is 1. The van der Waals surface area contributed by atoms with E-state index in [2.05, 4.69) is 10.1 Å². The van der Waals surface area contributed by atoms with Crippen molar-refractivity contribution in [3.63, 3.8) is 0 Å². The number of hydrogen-bond acceptors (Lipinski definition) is 5. The Balaban J connectivity index is 2.38. The summed E-state index contributed by atoms with van der Waals surface area (Å²) in [4.78, 5) is 12.7. The molecule has 2 aromatic rings. The fourth-order valence-corrected chi connectivity index (χ4v) is 3.90. The van der Waals surface area contributed by atoms with Crippen molar-refractivity contribution in [2.45, 2.75) is 30.9 Å². The molecule has 0 fully saturated rings. The van der Waals surface area contributed by atoms with E-state index in [1.54, 1.807) is 25.1 Å². The van der Waals surface area contributed by atoms with E-state index in [-0.39, 0.29) is 22.0 Å². The van der Waals surface area contributed by atoms with Crippen LogP contribution < -0.4 is 14.8 Å². The molecule has 0 aliphatic rings. The molecule has 10 heteroatoms. The lowest BCUT2D eigenvalue weighted by Crippen LogP contribution is -2.29. The minimum absolute atomic E-state index is 0.0368. The van der Waals surface area contributed by atoms with Crippen molar-refractivity contribution in [1.29, 1.82) is 0 Å². The van der Waals surface area contributed by atoms with Gasteiger partial charge >= 0.3 is 6.61 Å². The first-order valence-electron chi connectivity index (χ1n) is 9.07. The van der Waals surface area contributed by atoms with Crippen LogP contribution in [0.2, 0.25) is 0 Å². The van der Waals surface area contributed by atoms with Crippen molar-refractivity contribution in [1.82, 2.24) is 9.62 Å². The zero-order valence-electron chi connectivity index (χ0n) is 17.1. The first-order valence-corrected chi connectivity index (χ1v) is 10.5. The first kappa shape index (κ1) is 23.6. The molecule has 0 bridgehead atoms. The maximum absolute atomic E-state index is 12.8. The highest BCUT2D eigenvalue weighted by molar-refractivity contribution is 7.89. The number of amides is 1. The third-order valence-corrected chi connectivity index (χ3v) is 6.24. The molecule has 1 amide bonds. The van der Waals surface area contributed by atoms with E-state index in [1.165, 1.54) is 45.5 Å². The number of hydrogen-bond donors (Lipinski definition) is 1. The lowest BCUT2D eigenvalue weighted by Gasteiger charge is -2.21. The second-order valence-electron chi connectivity index (χ2n) is 6.50. The van der Waals surface area contributed by atoms with Gasteiger partial charge in [0.1, 0.15) is 16.4 Å². The van der Waals surface area contributed by atoms with E-state index in [0.29, 0.717) is 12.0 Å². The van der Waals surface area contributed by atoms with Crippen molar-refractivity contribution in [3.05, 3.63) is 53.6 Å². The van der Waals surface area contributed by atoms with Gasteiger partial charge in [-0.2, -0.15) is 8.78 Å². The molecule has 164 valence electrons. The summed E-state index contributed by atoms with van der Waals surface area (Å²) in [7, 11) is 0.212. The molecule has 0 heterocycles. The van der Waals surface area contributed by atoms with Crippen LogP contribution in [-0.2, 0) is 10.0 Å². The van der Waals surface area contributed by atoms with Crippen molar-refractivity contribution < 1.29 is 31.5 Å². The molecule has 0 saturated heterocycles. The number of carbonyl (C=O) groups is 1. The largest absolute Gasteiger partial charge is 0.495 e. The number of nitrogens with zero attached hydrogens (tertiary/aromatic N) is 1. The highest BCUT2D eigenvalue weighted by atomic mass is 32.2. The summed E-state index contributed by atoms with van der Waals surface area (Å²) >= 11 is 0. The van der Waals surface area contributed by atoms with Crippen LogP contribution in [0.25, 0.3) is 0 Å². The fourth-order valence-electron chi connectivity index (χ4n) is 2.83. The molecule has 30 heavy (non-hydrogen) atoms. The lowest BCUT2D eigenvalue weighted by atomic mass is 10.0. The van der Waals surface area contributed by atoms with E-state index < -0.39 is 28.6 Å². The second kappa shape index (κ2) is 9.86. The summed E-state index contributed by atoms with van der Waals surface area (Å²) in [6.45, 7) is -1.22. The summed E-state index contributed by atoms with van der Waals surface area (Å²) in [6, 6.07) is 9.60. The Morgan fingerprint density at radius 1 is 1.13 bits per heavy atom. The highest BCUT2D eigenvalue weighted by Gasteiger charge is 2.25. The van der Waals surface area contributed by atoms with Gasteiger partial charge in [0.25, 0.3) is 5.91 Å². The number of para-hydroxylation sites is 1. The molecule has 0 aliphatic heterocycles. The van der Waals surface area contributed by atoms with Crippen LogP contribution >= 0.6 is 0 Å². The fraction of sp³-hybridized carbons (Fsp3) is 0.350. The molecule has 2 rings (SSSR count). The second-order valence-corrected chi connectivity index (χ2v) is 8.62. The number of halogens is 2. The van der Waals surface area contributed by atoms with Crippen LogP contribution in [0.5, 0.6) is 11.5 Å². The van der Waals surface area contributed by atoms with Gasteiger partial charge < -0.3 is 14.8 Å². The Kier molecular flexibility index (Phi) is 7.74. The van der Waals surface area contributed by atoms with Gasteiger partial charge in [0.2, 0.25) is 10.0 Å². The highest BCUT2D eigenvalue weighted by Crippen LogP contribution is 2.30. The SMILES string of the molecule is CCC(NC(=O)c1ccc(OC)c(S(=O)(=O)N(C)C)c1)c1ccccc1OC(F)F. The molecule has 1 N–H and O–H groups in total. The zero-order chi connectivity index (χ0) is 22.5.